The van der Waals surface area contributed by atoms with Crippen molar-refractivity contribution in [2.24, 2.45) is 4.99 Å². The van der Waals surface area contributed by atoms with Crippen LogP contribution in [0.5, 0.6) is 5.75 Å². The van der Waals surface area contributed by atoms with E-state index in [9.17, 15) is 0 Å². The molecule has 3 fully saturated rings. The number of halogens is 1. The van der Waals surface area contributed by atoms with Gasteiger partial charge in [-0.2, -0.15) is 0 Å². The number of rotatable bonds is 8. The lowest BCUT2D eigenvalue weighted by molar-refractivity contribution is 0.0154. The van der Waals surface area contributed by atoms with Gasteiger partial charge in [0.1, 0.15) is 12.4 Å². The van der Waals surface area contributed by atoms with Crippen molar-refractivity contribution in [2.75, 3.05) is 66.6 Å². The summed E-state index contributed by atoms with van der Waals surface area (Å²) in [6.45, 7) is 10.7. The molecule has 0 amide bonds. The molecule has 2 N–H and O–H groups in total. The van der Waals surface area contributed by atoms with Crippen LogP contribution in [0.2, 0.25) is 0 Å². The average molecular weight is 503 g/mol. The molecule has 4 rings (SSSR count). The second-order valence-electron chi connectivity index (χ2n) is 7.25. The van der Waals surface area contributed by atoms with Gasteiger partial charge in [0.2, 0.25) is 0 Å². The molecular formula is C20H34IN5O2. The SMILES string of the molecule is CN=C(NCc1ccc(C)cc1OCCOC)NCC1CN2CCN1CC2.I. The Bertz CT molecular complexity index is 635. The second-order valence-corrected chi connectivity index (χ2v) is 7.25. The maximum Gasteiger partial charge on any atom is 0.191 e. The van der Waals surface area contributed by atoms with Crippen LogP contribution < -0.4 is 15.4 Å². The average Bonchev–Trinajstić information content (AvgIpc) is 2.70. The van der Waals surface area contributed by atoms with Crippen molar-refractivity contribution in [2.45, 2.75) is 19.5 Å². The van der Waals surface area contributed by atoms with Gasteiger partial charge in [0.05, 0.1) is 6.61 Å². The van der Waals surface area contributed by atoms with E-state index in [2.05, 4.69) is 50.5 Å². The van der Waals surface area contributed by atoms with Gasteiger partial charge in [-0.15, -0.1) is 24.0 Å². The number of benzene rings is 1. The first-order valence-electron chi connectivity index (χ1n) is 9.82. The topological polar surface area (TPSA) is 61.4 Å². The minimum atomic E-state index is 0. The molecule has 1 aromatic rings. The van der Waals surface area contributed by atoms with E-state index in [1.165, 1.54) is 31.7 Å². The first kappa shape index (κ1) is 23.2. The molecule has 1 atom stereocenters. The summed E-state index contributed by atoms with van der Waals surface area (Å²) in [5, 5.41) is 6.90. The highest BCUT2D eigenvalue weighted by atomic mass is 127. The third-order valence-corrected chi connectivity index (χ3v) is 5.33. The number of ether oxygens (including phenoxy) is 2. The number of nitrogens with one attached hydrogen (secondary N) is 2. The van der Waals surface area contributed by atoms with Crippen LogP contribution in [0.1, 0.15) is 11.1 Å². The van der Waals surface area contributed by atoms with Gasteiger partial charge in [-0.1, -0.05) is 12.1 Å². The lowest BCUT2D eigenvalue weighted by Crippen LogP contribution is -2.63. The van der Waals surface area contributed by atoms with E-state index in [1.54, 1.807) is 7.11 Å². The summed E-state index contributed by atoms with van der Waals surface area (Å²) in [5.74, 6) is 1.73. The minimum absolute atomic E-state index is 0. The summed E-state index contributed by atoms with van der Waals surface area (Å²) >= 11 is 0. The number of methoxy groups -OCH3 is 1. The van der Waals surface area contributed by atoms with Crippen LogP contribution in [0.3, 0.4) is 0 Å². The summed E-state index contributed by atoms with van der Waals surface area (Å²) in [7, 11) is 3.50. The highest BCUT2D eigenvalue weighted by molar-refractivity contribution is 14.0. The molecule has 0 aliphatic carbocycles. The molecule has 3 heterocycles. The van der Waals surface area contributed by atoms with Gasteiger partial charge in [0.15, 0.2) is 5.96 Å². The van der Waals surface area contributed by atoms with Gasteiger partial charge in [-0.25, -0.2) is 0 Å². The Morgan fingerprint density at radius 1 is 1.18 bits per heavy atom. The Labute approximate surface area is 185 Å². The van der Waals surface area contributed by atoms with Crippen LogP contribution in [-0.4, -0.2) is 88.4 Å². The summed E-state index contributed by atoms with van der Waals surface area (Å²) < 4.78 is 11.0. The number of hydrogen-bond acceptors (Lipinski definition) is 5. The molecule has 3 aliphatic rings. The Hall–Kier alpha value is -1.10. The predicted molar refractivity (Wildman–Crippen MR) is 124 cm³/mol. The van der Waals surface area contributed by atoms with E-state index >= 15 is 0 Å². The Kier molecular flexibility index (Phi) is 9.76. The van der Waals surface area contributed by atoms with E-state index in [0.717, 1.165) is 30.4 Å². The first-order valence-corrected chi connectivity index (χ1v) is 9.82. The van der Waals surface area contributed by atoms with Gasteiger partial charge < -0.3 is 20.1 Å². The van der Waals surface area contributed by atoms with Crippen molar-refractivity contribution in [1.82, 2.24) is 20.4 Å². The fourth-order valence-corrected chi connectivity index (χ4v) is 3.71. The van der Waals surface area contributed by atoms with Gasteiger partial charge in [-0.05, 0) is 18.6 Å². The quantitative estimate of drug-likeness (QED) is 0.242. The predicted octanol–water partition coefficient (Wildman–Crippen LogP) is 1.30. The Morgan fingerprint density at radius 2 is 1.96 bits per heavy atom. The summed E-state index contributed by atoms with van der Waals surface area (Å²) in [6, 6.07) is 6.86. The zero-order valence-electron chi connectivity index (χ0n) is 17.2. The standard InChI is InChI=1S/C20H33N5O2.HI/c1-16-4-5-17(19(12-16)27-11-10-26-3)13-22-20(21-2)23-14-18-15-24-6-8-25(18)9-7-24;/h4-5,12,18H,6-11,13-15H2,1-3H3,(H2,21,22,23);1H. The molecule has 3 aliphatic heterocycles. The molecule has 0 radical (unpaired) electrons. The summed E-state index contributed by atoms with van der Waals surface area (Å²) in [5.41, 5.74) is 2.30. The molecule has 0 saturated carbocycles. The molecule has 3 saturated heterocycles. The number of piperazine rings is 3. The molecule has 2 bridgehead atoms. The molecular weight excluding hydrogens is 469 g/mol. The van der Waals surface area contributed by atoms with Crippen molar-refractivity contribution in [3.63, 3.8) is 0 Å². The number of aryl methyl sites for hydroxylation is 1. The molecule has 1 aromatic carbocycles. The molecule has 28 heavy (non-hydrogen) atoms. The number of aliphatic imine (C=N–C) groups is 1. The van der Waals surface area contributed by atoms with Crippen LogP contribution in [0.25, 0.3) is 0 Å². The maximum atomic E-state index is 5.88. The van der Waals surface area contributed by atoms with E-state index in [0.29, 0.717) is 25.8 Å². The van der Waals surface area contributed by atoms with Gasteiger partial charge >= 0.3 is 0 Å². The number of nitrogens with zero attached hydrogens (tertiary/aromatic N) is 3. The summed E-state index contributed by atoms with van der Waals surface area (Å²) in [4.78, 5) is 9.51. The van der Waals surface area contributed by atoms with E-state index < -0.39 is 0 Å². The highest BCUT2D eigenvalue weighted by Gasteiger charge is 2.31. The minimum Gasteiger partial charge on any atom is -0.491 e. The van der Waals surface area contributed by atoms with Gasteiger partial charge in [-0.3, -0.25) is 14.8 Å². The molecule has 0 aromatic heterocycles. The third-order valence-electron chi connectivity index (χ3n) is 5.33. The van der Waals surface area contributed by atoms with Crippen LogP contribution in [0.15, 0.2) is 23.2 Å². The number of hydrogen-bond donors (Lipinski definition) is 2. The van der Waals surface area contributed by atoms with Crippen LogP contribution in [0, 0.1) is 6.92 Å². The molecule has 1 unspecified atom stereocenters. The lowest BCUT2D eigenvalue weighted by Gasteiger charge is -2.47. The fraction of sp³-hybridized carbons (Fsp3) is 0.650. The Morgan fingerprint density at radius 3 is 2.61 bits per heavy atom. The maximum absolute atomic E-state index is 5.88. The smallest absolute Gasteiger partial charge is 0.191 e. The second kappa shape index (κ2) is 11.8. The molecule has 0 spiro atoms. The lowest BCUT2D eigenvalue weighted by atomic mass is 10.1. The summed E-state index contributed by atoms with van der Waals surface area (Å²) in [6.07, 6.45) is 0. The molecule has 7 nitrogen and oxygen atoms in total. The monoisotopic (exact) mass is 503 g/mol. The highest BCUT2D eigenvalue weighted by Crippen LogP contribution is 2.20. The fourth-order valence-electron chi connectivity index (χ4n) is 3.71. The van der Waals surface area contributed by atoms with Gasteiger partial charge in [0, 0.05) is 71.6 Å². The zero-order valence-corrected chi connectivity index (χ0v) is 19.6. The largest absolute Gasteiger partial charge is 0.491 e. The van der Waals surface area contributed by atoms with E-state index in [-0.39, 0.29) is 24.0 Å². The molecule has 8 heteroatoms. The number of fused-ring (bicyclic) bond motifs is 3. The van der Waals surface area contributed by atoms with Crippen molar-refractivity contribution >= 4 is 29.9 Å². The van der Waals surface area contributed by atoms with Crippen LogP contribution in [0.4, 0.5) is 0 Å². The van der Waals surface area contributed by atoms with E-state index in [1.807, 2.05) is 7.05 Å². The van der Waals surface area contributed by atoms with Crippen molar-refractivity contribution in [1.29, 1.82) is 0 Å². The normalized spacial score (nSPS) is 23.8. The van der Waals surface area contributed by atoms with Crippen molar-refractivity contribution in [3.8, 4) is 5.75 Å². The zero-order chi connectivity index (χ0) is 19.1. The van der Waals surface area contributed by atoms with Crippen molar-refractivity contribution in [3.05, 3.63) is 29.3 Å². The van der Waals surface area contributed by atoms with Crippen LogP contribution in [-0.2, 0) is 11.3 Å². The van der Waals surface area contributed by atoms with E-state index in [4.69, 9.17) is 9.47 Å². The van der Waals surface area contributed by atoms with Crippen molar-refractivity contribution < 1.29 is 9.47 Å². The first-order chi connectivity index (χ1) is 13.2. The third kappa shape index (κ3) is 6.47. The Balaban J connectivity index is 0.00000280. The molecule has 158 valence electrons. The van der Waals surface area contributed by atoms with Gasteiger partial charge in [0.25, 0.3) is 0 Å². The van der Waals surface area contributed by atoms with Crippen LogP contribution >= 0.6 is 24.0 Å². The number of guanidine groups is 1.